The minimum absolute atomic E-state index is 0.0551. The van der Waals surface area contributed by atoms with E-state index in [4.69, 9.17) is 4.42 Å². The molecule has 18 heavy (non-hydrogen) atoms. The lowest BCUT2D eigenvalue weighted by atomic mass is 10.2. The SMILES string of the molecule is Cc1cnn2c(C(=O)O)cc(-c3ccco3)nc12. The molecule has 0 aromatic carbocycles. The number of aromatic carboxylic acids is 1. The molecule has 0 amide bonds. The van der Waals surface area contributed by atoms with E-state index in [-0.39, 0.29) is 5.69 Å². The molecule has 0 spiro atoms. The lowest BCUT2D eigenvalue weighted by Gasteiger charge is -2.03. The summed E-state index contributed by atoms with van der Waals surface area (Å²) in [6.45, 7) is 1.83. The lowest BCUT2D eigenvalue weighted by Crippen LogP contribution is -2.08. The van der Waals surface area contributed by atoms with Gasteiger partial charge in [0.05, 0.1) is 12.5 Å². The van der Waals surface area contributed by atoms with Gasteiger partial charge < -0.3 is 9.52 Å². The first-order valence-corrected chi connectivity index (χ1v) is 5.29. The third-order valence-corrected chi connectivity index (χ3v) is 2.64. The Hall–Kier alpha value is -2.63. The minimum Gasteiger partial charge on any atom is -0.477 e. The zero-order valence-corrected chi connectivity index (χ0v) is 9.49. The lowest BCUT2D eigenvalue weighted by molar-refractivity contribution is 0.0687. The molecule has 0 aliphatic carbocycles. The first kappa shape index (κ1) is 10.5. The largest absolute Gasteiger partial charge is 0.477 e. The van der Waals surface area contributed by atoms with Crippen molar-refractivity contribution in [2.45, 2.75) is 6.92 Å². The van der Waals surface area contributed by atoms with Crippen molar-refractivity contribution in [3.63, 3.8) is 0 Å². The predicted octanol–water partition coefficient (Wildman–Crippen LogP) is 2.00. The fraction of sp³-hybridized carbons (Fsp3) is 0.0833. The number of carbonyl (C=O) groups is 1. The van der Waals surface area contributed by atoms with Gasteiger partial charge in [-0.3, -0.25) is 0 Å². The van der Waals surface area contributed by atoms with E-state index in [1.807, 2.05) is 6.92 Å². The van der Waals surface area contributed by atoms with Crippen molar-refractivity contribution >= 4 is 11.6 Å². The van der Waals surface area contributed by atoms with Crippen molar-refractivity contribution < 1.29 is 14.3 Å². The molecule has 3 heterocycles. The quantitative estimate of drug-likeness (QED) is 0.744. The van der Waals surface area contributed by atoms with Crippen LogP contribution in [-0.2, 0) is 0 Å². The van der Waals surface area contributed by atoms with Crippen molar-refractivity contribution in [3.05, 3.63) is 41.9 Å². The van der Waals surface area contributed by atoms with Gasteiger partial charge in [-0.1, -0.05) is 0 Å². The summed E-state index contributed by atoms with van der Waals surface area (Å²) in [4.78, 5) is 15.6. The maximum absolute atomic E-state index is 11.2. The highest BCUT2D eigenvalue weighted by Crippen LogP contribution is 2.21. The number of fused-ring (bicyclic) bond motifs is 1. The third kappa shape index (κ3) is 1.46. The van der Waals surface area contributed by atoms with Crippen LogP contribution in [0, 0.1) is 6.92 Å². The standard InChI is InChI=1S/C12H9N3O3/c1-7-6-13-15-9(12(16)17)5-8(14-11(7)15)10-3-2-4-18-10/h2-6H,1H3,(H,16,17). The van der Waals surface area contributed by atoms with E-state index in [9.17, 15) is 9.90 Å². The number of carboxylic acid groups (broad SMARTS) is 1. The van der Waals surface area contributed by atoms with E-state index in [0.717, 1.165) is 5.56 Å². The summed E-state index contributed by atoms with van der Waals surface area (Å²) < 4.78 is 6.54. The molecule has 3 aromatic heterocycles. The summed E-state index contributed by atoms with van der Waals surface area (Å²) in [5, 5.41) is 13.2. The zero-order valence-electron chi connectivity index (χ0n) is 9.49. The molecular weight excluding hydrogens is 234 g/mol. The Balaban J connectivity index is 2.35. The van der Waals surface area contributed by atoms with Gasteiger partial charge in [-0.2, -0.15) is 5.10 Å². The van der Waals surface area contributed by atoms with Crippen LogP contribution in [-0.4, -0.2) is 25.7 Å². The highest BCUT2D eigenvalue weighted by molar-refractivity contribution is 5.87. The molecule has 0 saturated heterocycles. The van der Waals surface area contributed by atoms with E-state index in [0.29, 0.717) is 17.1 Å². The van der Waals surface area contributed by atoms with Gasteiger partial charge in [-0.05, 0) is 19.1 Å². The van der Waals surface area contributed by atoms with E-state index >= 15 is 0 Å². The smallest absolute Gasteiger partial charge is 0.354 e. The van der Waals surface area contributed by atoms with Crippen LogP contribution in [0.4, 0.5) is 0 Å². The molecule has 0 unspecified atom stereocenters. The number of aromatic nitrogens is 3. The number of rotatable bonds is 2. The molecule has 0 atom stereocenters. The fourth-order valence-electron chi connectivity index (χ4n) is 1.78. The number of hydrogen-bond acceptors (Lipinski definition) is 4. The van der Waals surface area contributed by atoms with Crippen LogP contribution < -0.4 is 0 Å². The Morgan fingerprint density at radius 2 is 2.33 bits per heavy atom. The minimum atomic E-state index is -1.06. The predicted molar refractivity (Wildman–Crippen MR) is 62.4 cm³/mol. The van der Waals surface area contributed by atoms with Gasteiger partial charge in [0, 0.05) is 11.6 Å². The van der Waals surface area contributed by atoms with Gasteiger partial charge in [-0.15, -0.1) is 0 Å². The molecule has 0 aliphatic heterocycles. The summed E-state index contributed by atoms with van der Waals surface area (Å²) in [6, 6.07) is 4.90. The molecule has 0 aliphatic rings. The van der Waals surface area contributed by atoms with E-state index in [1.165, 1.54) is 16.8 Å². The van der Waals surface area contributed by atoms with Crippen LogP contribution in [0.3, 0.4) is 0 Å². The van der Waals surface area contributed by atoms with Gasteiger partial charge in [0.2, 0.25) is 0 Å². The number of hydrogen-bond donors (Lipinski definition) is 1. The number of carboxylic acids is 1. The summed E-state index contributed by atoms with van der Waals surface area (Å²) in [7, 11) is 0. The van der Waals surface area contributed by atoms with E-state index in [2.05, 4.69) is 10.1 Å². The van der Waals surface area contributed by atoms with E-state index in [1.54, 1.807) is 18.3 Å². The van der Waals surface area contributed by atoms with Gasteiger partial charge in [0.1, 0.15) is 5.69 Å². The molecule has 0 saturated carbocycles. The maximum Gasteiger partial charge on any atom is 0.354 e. The first-order valence-electron chi connectivity index (χ1n) is 5.29. The molecule has 3 aromatic rings. The van der Waals surface area contributed by atoms with Crippen molar-refractivity contribution in [1.82, 2.24) is 14.6 Å². The number of aryl methyl sites for hydroxylation is 1. The molecule has 0 radical (unpaired) electrons. The maximum atomic E-state index is 11.2. The molecule has 6 nitrogen and oxygen atoms in total. The Labute approximate surface area is 101 Å². The highest BCUT2D eigenvalue weighted by atomic mass is 16.4. The monoisotopic (exact) mass is 243 g/mol. The van der Waals surface area contributed by atoms with E-state index < -0.39 is 5.97 Å². The molecule has 0 bridgehead atoms. The van der Waals surface area contributed by atoms with Crippen LogP contribution in [0.15, 0.2) is 35.1 Å². The van der Waals surface area contributed by atoms with Crippen molar-refractivity contribution in [2.75, 3.05) is 0 Å². The molecule has 1 N–H and O–H groups in total. The second kappa shape index (κ2) is 3.69. The van der Waals surface area contributed by atoms with Crippen LogP contribution in [0.5, 0.6) is 0 Å². The second-order valence-electron chi connectivity index (χ2n) is 3.87. The molecule has 90 valence electrons. The second-order valence-corrected chi connectivity index (χ2v) is 3.87. The average molecular weight is 243 g/mol. The number of furan rings is 1. The van der Waals surface area contributed by atoms with Crippen LogP contribution in [0.25, 0.3) is 17.1 Å². The van der Waals surface area contributed by atoms with Gasteiger partial charge >= 0.3 is 5.97 Å². The van der Waals surface area contributed by atoms with Gasteiger partial charge in [0.25, 0.3) is 0 Å². The summed E-state index contributed by atoms with van der Waals surface area (Å²) >= 11 is 0. The van der Waals surface area contributed by atoms with Crippen LogP contribution >= 0.6 is 0 Å². The molecule has 3 rings (SSSR count). The van der Waals surface area contributed by atoms with Crippen molar-refractivity contribution in [1.29, 1.82) is 0 Å². The normalized spacial score (nSPS) is 10.9. The summed E-state index contributed by atoms with van der Waals surface area (Å²) in [5.41, 5.74) is 1.86. The summed E-state index contributed by atoms with van der Waals surface area (Å²) in [5.74, 6) is -0.529. The Bertz CT molecular complexity index is 728. The van der Waals surface area contributed by atoms with Crippen molar-refractivity contribution in [3.8, 4) is 11.5 Å². The van der Waals surface area contributed by atoms with Gasteiger partial charge in [-0.25, -0.2) is 14.3 Å². The first-order chi connectivity index (χ1) is 8.66. The molecule has 0 fully saturated rings. The van der Waals surface area contributed by atoms with Crippen molar-refractivity contribution in [2.24, 2.45) is 0 Å². The fourth-order valence-corrected chi connectivity index (χ4v) is 1.78. The molecular formula is C12H9N3O3. The van der Waals surface area contributed by atoms with Crippen LogP contribution in [0.1, 0.15) is 16.1 Å². The Morgan fingerprint density at radius 3 is 3.00 bits per heavy atom. The number of nitrogens with zero attached hydrogens (tertiary/aromatic N) is 3. The summed E-state index contributed by atoms with van der Waals surface area (Å²) in [6.07, 6.45) is 3.10. The Morgan fingerprint density at radius 1 is 1.50 bits per heavy atom. The average Bonchev–Trinajstić information content (AvgIpc) is 2.98. The Kier molecular flexibility index (Phi) is 2.16. The highest BCUT2D eigenvalue weighted by Gasteiger charge is 2.16. The van der Waals surface area contributed by atoms with Gasteiger partial charge in [0.15, 0.2) is 17.1 Å². The van der Waals surface area contributed by atoms with Crippen LogP contribution in [0.2, 0.25) is 0 Å². The molecule has 6 heteroatoms. The third-order valence-electron chi connectivity index (χ3n) is 2.64. The topological polar surface area (TPSA) is 80.6 Å². The zero-order chi connectivity index (χ0) is 12.7.